The summed E-state index contributed by atoms with van der Waals surface area (Å²) in [7, 11) is 5.64. The van der Waals surface area contributed by atoms with Gasteiger partial charge >= 0.3 is 0 Å². The Bertz CT molecular complexity index is 1720. The van der Waals surface area contributed by atoms with Crippen LogP contribution in [0.25, 0.3) is 21.1 Å². The molecule has 0 atom stereocenters. The number of aryl methyl sites for hydroxylation is 1. The van der Waals surface area contributed by atoms with Crippen LogP contribution in [-0.2, 0) is 13.6 Å². The largest absolute Gasteiger partial charge is 0.497 e. The first-order chi connectivity index (χ1) is 19.4. The maximum absolute atomic E-state index is 14.0. The molecule has 0 unspecified atom stereocenters. The molecule has 8 nitrogen and oxygen atoms in total. The summed E-state index contributed by atoms with van der Waals surface area (Å²) in [5.74, 6) is 1.30. The van der Waals surface area contributed by atoms with Crippen molar-refractivity contribution < 1.29 is 14.3 Å². The van der Waals surface area contributed by atoms with Crippen LogP contribution in [0.15, 0.2) is 72.8 Å². The minimum absolute atomic E-state index is 0.0693. The number of imidazole rings is 1. The molecular formula is C31H31N5O3S. The number of fused-ring (bicyclic) bond motifs is 2. The van der Waals surface area contributed by atoms with Crippen molar-refractivity contribution >= 4 is 50.0 Å². The summed E-state index contributed by atoms with van der Waals surface area (Å²) in [6.07, 6.45) is 0. The minimum atomic E-state index is -0.158. The van der Waals surface area contributed by atoms with Gasteiger partial charge in [0, 0.05) is 49.2 Å². The van der Waals surface area contributed by atoms with Gasteiger partial charge in [0.1, 0.15) is 11.6 Å². The highest BCUT2D eigenvalue weighted by Crippen LogP contribution is 2.32. The molecule has 6 rings (SSSR count). The van der Waals surface area contributed by atoms with E-state index >= 15 is 0 Å². The second kappa shape index (κ2) is 10.7. The van der Waals surface area contributed by atoms with Crippen molar-refractivity contribution in [1.29, 1.82) is 0 Å². The van der Waals surface area contributed by atoms with E-state index in [1.165, 1.54) is 11.3 Å². The first-order valence-electron chi connectivity index (χ1n) is 13.3. The van der Waals surface area contributed by atoms with Gasteiger partial charge < -0.3 is 24.0 Å². The maximum Gasteiger partial charge on any atom is 0.264 e. The third-order valence-electron chi connectivity index (χ3n) is 7.55. The first kappa shape index (κ1) is 26.0. The van der Waals surface area contributed by atoms with Crippen LogP contribution in [0.4, 0.5) is 5.69 Å². The molecule has 2 aromatic heterocycles. The van der Waals surface area contributed by atoms with Gasteiger partial charge in [-0.3, -0.25) is 9.59 Å². The second-order valence-corrected chi connectivity index (χ2v) is 11.2. The van der Waals surface area contributed by atoms with Crippen LogP contribution < -0.4 is 9.64 Å². The number of hydrogen-bond acceptors (Lipinski definition) is 6. The number of carbonyl (C=O) groups excluding carboxylic acids is 2. The molecule has 0 spiro atoms. The molecule has 40 heavy (non-hydrogen) atoms. The zero-order chi connectivity index (χ0) is 27.8. The predicted octanol–water partition coefficient (Wildman–Crippen LogP) is 5.03. The van der Waals surface area contributed by atoms with Gasteiger partial charge in [0.05, 0.1) is 29.6 Å². The van der Waals surface area contributed by atoms with Crippen molar-refractivity contribution in [3.05, 3.63) is 89.1 Å². The fourth-order valence-electron chi connectivity index (χ4n) is 5.14. The van der Waals surface area contributed by atoms with Crippen LogP contribution in [0.5, 0.6) is 5.75 Å². The minimum Gasteiger partial charge on any atom is -0.497 e. The van der Waals surface area contributed by atoms with Gasteiger partial charge in [-0.15, -0.1) is 11.3 Å². The quantitative estimate of drug-likeness (QED) is 0.295. The Kier molecular flexibility index (Phi) is 7.00. The Morgan fingerprint density at radius 1 is 0.950 bits per heavy atom. The number of ether oxygens (including phenoxy) is 1. The molecule has 1 fully saturated rings. The van der Waals surface area contributed by atoms with Crippen LogP contribution in [0, 0.1) is 0 Å². The topological polar surface area (TPSA) is 70.9 Å². The zero-order valence-electron chi connectivity index (χ0n) is 22.8. The Hall–Kier alpha value is -4.21. The van der Waals surface area contributed by atoms with Crippen LogP contribution in [-0.4, -0.2) is 71.5 Å². The summed E-state index contributed by atoms with van der Waals surface area (Å²) in [4.78, 5) is 38.7. The van der Waals surface area contributed by atoms with E-state index < -0.39 is 0 Å². The van der Waals surface area contributed by atoms with Gasteiger partial charge in [0.15, 0.2) is 0 Å². The molecule has 3 aromatic carbocycles. The molecule has 3 heterocycles. The Morgan fingerprint density at radius 2 is 1.75 bits per heavy atom. The van der Waals surface area contributed by atoms with Gasteiger partial charge in [0.25, 0.3) is 11.8 Å². The third kappa shape index (κ3) is 4.94. The fraction of sp³-hybridized carbons (Fsp3) is 0.258. The number of thiophene rings is 1. The number of para-hydroxylation sites is 2. The average Bonchev–Trinajstić information content (AvgIpc) is 3.56. The van der Waals surface area contributed by atoms with Gasteiger partial charge in [-0.25, -0.2) is 4.98 Å². The molecule has 2 amide bonds. The van der Waals surface area contributed by atoms with Crippen molar-refractivity contribution in [3.8, 4) is 5.75 Å². The highest BCUT2D eigenvalue weighted by molar-refractivity contribution is 7.20. The van der Waals surface area contributed by atoms with Crippen molar-refractivity contribution in [2.75, 3.05) is 45.2 Å². The zero-order valence-corrected chi connectivity index (χ0v) is 23.6. The van der Waals surface area contributed by atoms with E-state index in [0.29, 0.717) is 11.3 Å². The molecule has 9 heteroatoms. The number of methoxy groups -OCH3 is 1. The lowest BCUT2D eigenvalue weighted by Gasteiger charge is -2.32. The fourth-order valence-corrected chi connectivity index (χ4v) is 6.15. The molecule has 0 bridgehead atoms. The van der Waals surface area contributed by atoms with E-state index in [0.717, 1.165) is 63.7 Å². The molecule has 1 aliphatic heterocycles. The van der Waals surface area contributed by atoms with Gasteiger partial charge in [-0.05, 0) is 67.0 Å². The van der Waals surface area contributed by atoms with E-state index in [9.17, 15) is 9.59 Å². The number of piperazine rings is 1. The molecule has 0 radical (unpaired) electrons. The van der Waals surface area contributed by atoms with Crippen molar-refractivity contribution in [2.45, 2.75) is 6.54 Å². The number of benzene rings is 3. The monoisotopic (exact) mass is 553 g/mol. The maximum atomic E-state index is 14.0. The Labute approximate surface area is 237 Å². The Morgan fingerprint density at radius 3 is 2.52 bits per heavy atom. The molecule has 1 aliphatic rings. The van der Waals surface area contributed by atoms with Gasteiger partial charge in [0.2, 0.25) is 0 Å². The standard InChI is InChI=1S/C31H31N5O3S/c1-33-13-15-35(16-14-33)31(38)28-19-22-17-23(11-12-27(22)40-28)36(30(37)21-7-6-8-24(18-21)39-3)20-29-32-25-9-4-5-10-26(25)34(29)2/h4-12,17-19H,13-16,20H2,1-3H3. The van der Waals surface area contributed by atoms with Crippen LogP contribution >= 0.6 is 11.3 Å². The normalized spacial score (nSPS) is 14.1. The summed E-state index contributed by atoms with van der Waals surface area (Å²) >= 11 is 1.50. The van der Waals surface area contributed by atoms with Crippen molar-refractivity contribution in [1.82, 2.24) is 19.4 Å². The lowest BCUT2D eigenvalue weighted by atomic mass is 10.1. The lowest BCUT2D eigenvalue weighted by Crippen LogP contribution is -2.46. The number of anilines is 1. The first-order valence-corrected chi connectivity index (χ1v) is 14.1. The van der Waals surface area contributed by atoms with Crippen molar-refractivity contribution in [3.63, 3.8) is 0 Å². The van der Waals surface area contributed by atoms with Gasteiger partial charge in [-0.2, -0.15) is 0 Å². The highest BCUT2D eigenvalue weighted by atomic mass is 32.1. The molecule has 0 N–H and O–H groups in total. The summed E-state index contributed by atoms with van der Waals surface area (Å²) in [5, 5.41) is 0.938. The smallest absolute Gasteiger partial charge is 0.264 e. The molecule has 0 aliphatic carbocycles. The average molecular weight is 554 g/mol. The number of amides is 2. The van der Waals surface area contributed by atoms with Gasteiger partial charge in [-0.1, -0.05) is 18.2 Å². The molecule has 204 valence electrons. The SMILES string of the molecule is COc1cccc(C(=O)N(Cc2nc3ccccc3n2C)c2ccc3sc(C(=O)N4CCN(C)CC4)cc3c2)c1. The lowest BCUT2D eigenvalue weighted by molar-refractivity contribution is 0.0669. The number of rotatable bonds is 6. The number of carbonyl (C=O) groups is 2. The van der Waals surface area contributed by atoms with Crippen LogP contribution in [0.2, 0.25) is 0 Å². The molecule has 0 saturated carbocycles. The van der Waals surface area contributed by atoms with E-state index in [1.54, 1.807) is 24.1 Å². The Balaban J connectivity index is 1.37. The van der Waals surface area contributed by atoms with Crippen LogP contribution in [0.3, 0.4) is 0 Å². The number of hydrogen-bond donors (Lipinski definition) is 0. The van der Waals surface area contributed by atoms with Crippen molar-refractivity contribution in [2.24, 2.45) is 7.05 Å². The van der Waals surface area contributed by atoms with E-state index in [4.69, 9.17) is 9.72 Å². The van der Waals surface area contributed by atoms with E-state index in [2.05, 4.69) is 11.9 Å². The molecule has 1 saturated heterocycles. The summed E-state index contributed by atoms with van der Waals surface area (Å²) in [5.41, 5.74) is 3.15. The number of nitrogens with zero attached hydrogens (tertiary/aromatic N) is 5. The van der Waals surface area contributed by atoms with Crippen LogP contribution in [0.1, 0.15) is 25.9 Å². The molecular weight excluding hydrogens is 522 g/mol. The summed E-state index contributed by atoms with van der Waals surface area (Å²) < 4.78 is 8.42. The summed E-state index contributed by atoms with van der Waals surface area (Å²) in [6.45, 7) is 3.50. The van der Waals surface area contributed by atoms with E-state index in [-0.39, 0.29) is 18.4 Å². The number of aromatic nitrogens is 2. The second-order valence-electron chi connectivity index (χ2n) is 10.1. The van der Waals surface area contributed by atoms with E-state index in [1.807, 2.05) is 77.2 Å². The third-order valence-corrected chi connectivity index (χ3v) is 8.66. The summed E-state index contributed by atoms with van der Waals surface area (Å²) in [6, 6.07) is 23.0. The molecule has 5 aromatic rings. The predicted molar refractivity (Wildman–Crippen MR) is 159 cm³/mol. The number of likely N-dealkylation sites (N-methyl/N-ethyl adjacent to an activating group) is 1. The highest BCUT2D eigenvalue weighted by Gasteiger charge is 2.24.